The Bertz CT molecular complexity index is 850. The first-order chi connectivity index (χ1) is 12.8. The maximum absolute atomic E-state index is 6.22. The summed E-state index contributed by atoms with van der Waals surface area (Å²) >= 11 is 1.67. The van der Waals surface area contributed by atoms with Crippen molar-refractivity contribution in [3.05, 3.63) is 59.9 Å². The molecule has 7 nitrogen and oxygen atoms in total. The van der Waals surface area contributed by atoms with Crippen LogP contribution in [0.15, 0.2) is 59.3 Å². The highest BCUT2D eigenvalue weighted by molar-refractivity contribution is 7.13. The van der Waals surface area contributed by atoms with Gasteiger partial charge in [0.25, 0.3) is 0 Å². The predicted molar refractivity (Wildman–Crippen MR) is 105 cm³/mol. The van der Waals surface area contributed by atoms with Crippen LogP contribution in [0.3, 0.4) is 0 Å². The molecular formula is C18H21N7S. The first-order valence-corrected chi connectivity index (χ1v) is 9.46. The first-order valence-electron chi connectivity index (χ1n) is 8.58. The average molecular weight is 367 g/mol. The predicted octanol–water partition coefficient (Wildman–Crippen LogP) is 1.97. The largest absolute Gasteiger partial charge is 0.370 e. The molecule has 0 radical (unpaired) electrons. The normalized spacial score (nSPS) is 15.5. The lowest BCUT2D eigenvalue weighted by Gasteiger charge is -2.35. The topological polar surface area (TPSA) is 75.6 Å². The van der Waals surface area contributed by atoms with Crippen LogP contribution in [0.1, 0.15) is 5.56 Å². The number of nitrogens with zero attached hydrogens (tertiary/aromatic N) is 6. The molecule has 1 saturated heterocycles. The Morgan fingerprint density at radius 1 is 1.15 bits per heavy atom. The van der Waals surface area contributed by atoms with Crippen LogP contribution in [0.25, 0.3) is 5.69 Å². The van der Waals surface area contributed by atoms with Crippen molar-refractivity contribution in [1.29, 1.82) is 0 Å². The van der Waals surface area contributed by atoms with Crippen LogP contribution >= 0.6 is 11.3 Å². The van der Waals surface area contributed by atoms with Gasteiger partial charge in [-0.2, -0.15) is 5.10 Å². The zero-order valence-electron chi connectivity index (χ0n) is 14.4. The quantitative estimate of drug-likeness (QED) is 0.564. The van der Waals surface area contributed by atoms with E-state index in [0.717, 1.165) is 42.6 Å². The lowest BCUT2D eigenvalue weighted by Crippen LogP contribution is -2.51. The van der Waals surface area contributed by atoms with E-state index >= 15 is 0 Å². The second-order valence-corrected chi connectivity index (χ2v) is 6.96. The summed E-state index contributed by atoms with van der Waals surface area (Å²) in [6, 6.07) is 10.1. The zero-order chi connectivity index (χ0) is 17.8. The number of aromatic nitrogens is 3. The van der Waals surface area contributed by atoms with E-state index in [-0.39, 0.29) is 0 Å². The van der Waals surface area contributed by atoms with Gasteiger partial charge in [-0.05, 0) is 23.8 Å². The molecule has 8 heteroatoms. The molecular weight excluding hydrogens is 346 g/mol. The molecule has 0 spiro atoms. The molecule has 2 N–H and O–H groups in total. The van der Waals surface area contributed by atoms with Gasteiger partial charge in [0, 0.05) is 50.1 Å². The summed E-state index contributed by atoms with van der Waals surface area (Å²) in [5.41, 5.74) is 8.36. The van der Waals surface area contributed by atoms with Gasteiger partial charge < -0.3 is 15.5 Å². The van der Waals surface area contributed by atoms with E-state index in [4.69, 9.17) is 5.73 Å². The summed E-state index contributed by atoms with van der Waals surface area (Å²) in [5, 5.41) is 7.35. The molecule has 3 heterocycles. The van der Waals surface area contributed by atoms with Crippen molar-refractivity contribution in [3.8, 4) is 5.69 Å². The molecule has 0 aliphatic carbocycles. The van der Waals surface area contributed by atoms with Gasteiger partial charge in [-0.3, -0.25) is 0 Å². The molecule has 4 rings (SSSR count). The molecule has 3 aromatic rings. The van der Waals surface area contributed by atoms with E-state index in [1.54, 1.807) is 17.5 Å². The fraction of sp³-hybridized carbons (Fsp3) is 0.278. The highest BCUT2D eigenvalue weighted by Gasteiger charge is 2.19. The number of thiazole rings is 1. The number of rotatable bonds is 4. The van der Waals surface area contributed by atoms with Crippen molar-refractivity contribution < 1.29 is 0 Å². The van der Waals surface area contributed by atoms with Crippen LogP contribution in [-0.4, -0.2) is 51.8 Å². The Morgan fingerprint density at radius 2 is 2.04 bits per heavy atom. The molecule has 1 aliphatic heterocycles. The van der Waals surface area contributed by atoms with Crippen LogP contribution < -0.4 is 10.6 Å². The summed E-state index contributed by atoms with van der Waals surface area (Å²) in [5.74, 6) is 0.605. The molecule has 2 aromatic heterocycles. The maximum atomic E-state index is 6.22. The minimum Gasteiger partial charge on any atom is -0.370 e. The second-order valence-electron chi connectivity index (χ2n) is 6.08. The zero-order valence-corrected chi connectivity index (χ0v) is 15.2. The first kappa shape index (κ1) is 16.6. The number of piperazine rings is 1. The molecule has 0 atom stereocenters. The maximum Gasteiger partial charge on any atom is 0.191 e. The molecule has 0 bridgehead atoms. The molecule has 134 valence electrons. The van der Waals surface area contributed by atoms with Gasteiger partial charge >= 0.3 is 0 Å². The Hall–Kier alpha value is -2.87. The van der Waals surface area contributed by atoms with Crippen molar-refractivity contribution in [1.82, 2.24) is 19.7 Å². The number of hydrogen-bond donors (Lipinski definition) is 1. The standard InChI is InChI=1S/C18H21N7S/c19-17(23-8-10-24(11-9-23)18-20-6-12-26-18)21-14-15-3-1-4-16(13-15)25-7-2-5-22-25/h1-7,12-13H,8-11,14H2,(H2,19,21). The van der Waals surface area contributed by atoms with Gasteiger partial charge in [-0.15, -0.1) is 11.3 Å². The second kappa shape index (κ2) is 7.57. The van der Waals surface area contributed by atoms with Crippen LogP contribution in [0.4, 0.5) is 5.13 Å². The van der Waals surface area contributed by atoms with Gasteiger partial charge in [0.05, 0.1) is 12.2 Å². The Kier molecular flexibility index (Phi) is 4.83. The van der Waals surface area contributed by atoms with Crippen molar-refractivity contribution in [2.45, 2.75) is 6.54 Å². The minimum atomic E-state index is 0.563. The van der Waals surface area contributed by atoms with E-state index in [0.29, 0.717) is 12.5 Å². The smallest absolute Gasteiger partial charge is 0.191 e. The van der Waals surface area contributed by atoms with Gasteiger partial charge in [-0.25, -0.2) is 14.7 Å². The molecule has 1 fully saturated rings. The number of guanidine groups is 1. The third-order valence-corrected chi connectivity index (χ3v) is 5.23. The van der Waals surface area contributed by atoms with Crippen molar-refractivity contribution in [2.75, 3.05) is 31.1 Å². The van der Waals surface area contributed by atoms with E-state index in [1.807, 2.05) is 40.7 Å². The van der Waals surface area contributed by atoms with Gasteiger partial charge in [0.1, 0.15) is 0 Å². The summed E-state index contributed by atoms with van der Waals surface area (Å²) in [6.45, 7) is 4.12. The van der Waals surface area contributed by atoms with E-state index in [1.165, 1.54) is 0 Å². The van der Waals surface area contributed by atoms with Crippen molar-refractivity contribution >= 4 is 22.4 Å². The highest BCUT2D eigenvalue weighted by atomic mass is 32.1. The third-order valence-electron chi connectivity index (χ3n) is 4.40. The fourth-order valence-electron chi connectivity index (χ4n) is 2.99. The number of benzene rings is 1. The monoisotopic (exact) mass is 367 g/mol. The number of aliphatic imine (C=N–C) groups is 1. The number of nitrogens with two attached hydrogens (primary N) is 1. The fourth-order valence-corrected chi connectivity index (χ4v) is 3.69. The van der Waals surface area contributed by atoms with E-state index in [2.05, 4.69) is 37.0 Å². The van der Waals surface area contributed by atoms with E-state index in [9.17, 15) is 0 Å². The van der Waals surface area contributed by atoms with Crippen molar-refractivity contribution in [3.63, 3.8) is 0 Å². The molecule has 0 unspecified atom stereocenters. The summed E-state index contributed by atoms with van der Waals surface area (Å²) in [7, 11) is 0. The lowest BCUT2D eigenvalue weighted by molar-refractivity contribution is 0.380. The third kappa shape index (κ3) is 3.70. The summed E-state index contributed by atoms with van der Waals surface area (Å²) in [4.78, 5) is 13.4. The Morgan fingerprint density at radius 3 is 2.77 bits per heavy atom. The molecule has 1 aliphatic rings. The highest BCUT2D eigenvalue weighted by Crippen LogP contribution is 2.18. The van der Waals surface area contributed by atoms with E-state index < -0.39 is 0 Å². The minimum absolute atomic E-state index is 0.563. The molecule has 1 aromatic carbocycles. The van der Waals surface area contributed by atoms with Gasteiger partial charge in [0.15, 0.2) is 11.1 Å². The Balaban J connectivity index is 1.36. The van der Waals surface area contributed by atoms with Gasteiger partial charge in [0.2, 0.25) is 0 Å². The van der Waals surface area contributed by atoms with Crippen LogP contribution in [0, 0.1) is 0 Å². The molecule has 0 saturated carbocycles. The van der Waals surface area contributed by atoms with Crippen molar-refractivity contribution in [2.24, 2.45) is 10.7 Å². The average Bonchev–Trinajstić information content (AvgIpc) is 3.40. The summed E-state index contributed by atoms with van der Waals surface area (Å²) in [6.07, 6.45) is 5.55. The number of anilines is 1. The molecule has 0 amide bonds. The lowest BCUT2D eigenvalue weighted by atomic mass is 10.2. The van der Waals surface area contributed by atoms with Crippen LogP contribution in [-0.2, 0) is 6.54 Å². The molecule has 26 heavy (non-hydrogen) atoms. The van der Waals surface area contributed by atoms with Crippen LogP contribution in [0.5, 0.6) is 0 Å². The Labute approximate surface area is 156 Å². The summed E-state index contributed by atoms with van der Waals surface area (Å²) < 4.78 is 1.84. The van der Waals surface area contributed by atoms with Gasteiger partial charge in [-0.1, -0.05) is 12.1 Å². The SMILES string of the molecule is NC(=NCc1cccc(-n2cccn2)c1)N1CCN(c2nccs2)CC1. The number of hydrogen-bond acceptors (Lipinski definition) is 5. The van der Waals surface area contributed by atoms with Crippen LogP contribution in [0.2, 0.25) is 0 Å².